The molecule has 0 bridgehead atoms. The standard InChI is InChI=1S/C14H18N6/c1-10-16-13(18-15)9-14(17-10)20-8-7-19(2)11-5-3-4-6-12(11)20/h3-6,9H,7-8,15H2,1-2H3,(H,16,17,18). The fraction of sp³-hybridized carbons (Fsp3) is 0.286. The summed E-state index contributed by atoms with van der Waals surface area (Å²) in [6.45, 7) is 3.70. The number of para-hydroxylation sites is 2. The maximum absolute atomic E-state index is 5.47. The fourth-order valence-electron chi connectivity index (χ4n) is 2.51. The van der Waals surface area contributed by atoms with Gasteiger partial charge in [-0.2, -0.15) is 0 Å². The molecule has 3 rings (SSSR count). The summed E-state index contributed by atoms with van der Waals surface area (Å²) in [6, 6.07) is 10.2. The number of nitrogen functional groups attached to an aromatic ring is 1. The second-order valence-electron chi connectivity index (χ2n) is 4.86. The van der Waals surface area contributed by atoms with Gasteiger partial charge in [0.1, 0.15) is 17.5 Å². The molecule has 3 N–H and O–H groups in total. The van der Waals surface area contributed by atoms with Crippen molar-refractivity contribution in [2.75, 3.05) is 35.4 Å². The van der Waals surface area contributed by atoms with Crippen LogP contribution in [-0.2, 0) is 0 Å². The van der Waals surface area contributed by atoms with Gasteiger partial charge in [-0.3, -0.25) is 0 Å². The van der Waals surface area contributed by atoms with E-state index in [1.54, 1.807) is 0 Å². The summed E-state index contributed by atoms with van der Waals surface area (Å²) < 4.78 is 0. The molecule has 104 valence electrons. The Labute approximate surface area is 118 Å². The number of nitrogens with two attached hydrogens (primary N) is 1. The van der Waals surface area contributed by atoms with Gasteiger partial charge >= 0.3 is 0 Å². The summed E-state index contributed by atoms with van der Waals surface area (Å²) >= 11 is 0. The predicted octanol–water partition coefficient (Wildman–Crippen LogP) is 1.66. The Morgan fingerprint density at radius 3 is 2.65 bits per heavy atom. The van der Waals surface area contributed by atoms with Gasteiger partial charge in [0.15, 0.2) is 0 Å². The summed E-state index contributed by atoms with van der Waals surface area (Å²) in [6.07, 6.45) is 0. The molecule has 2 aromatic rings. The zero-order valence-electron chi connectivity index (χ0n) is 11.7. The van der Waals surface area contributed by atoms with E-state index in [2.05, 4.69) is 50.4 Å². The smallest absolute Gasteiger partial charge is 0.145 e. The van der Waals surface area contributed by atoms with Gasteiger partial charge in [-0.1, -0.05) is 12.1 Å². The SMILES string of the molecule is Cc1nc(NN)cc(N2CCN(C)c3ccccc32)n1. The topological polar surface area (TPSA) is 70.3 Å². The molecule has 6 nitrogen and oxygen atoms in total. The second-order valence-corrected chi connectivity index (χ2v) is 4.86. The van der Waals surface area contributed by atoms with Crippen LogP contribution in [0.2, 0.25) is 0 Å². The quantitative estimate of drug-likeness (QED) is 0.639. The molecule has 0 amide bonds. The molecule has 1 aromatic heterocycles. The molecule has 0 atom stereocenters. The summed E-state index contributed by atoms with van der Waals surface area (Å²) in [5, 5.41) is 0. The molecular weight excluding hydrogens is 252 g/mol. The molecule has 0 radical (unpaired) electrons. The Morgan fingerprint density at radius 2 is 1.90 bits per heavy atom. The number of benzene rings is 1. The zero-order chi connectivity index (χ0) is 14.1. The average molecular weight is 270 g/mol. The third-order valence-electron chi connectivity index (χ3n) is 3.49. The summed E-state index contributed by atoms with van der Waals surface area (Å²) in [5.74, 6) is 7.66. The molecule has 2 heterocycles. The lowest BCUT2D eigenvalue weighted by atomic mass is 10.1. The van der Waals surface area contributed by atoms with Crippen LogP contribution in [0.25, 0.3) is 0 Å². The van der Waals surface area contributed by atoms with Crippen LogP contribution in [0.3, 0.4) is 0 Å². The molecular formula is C14H18N6. The monoisotopic (exact) mass is 270 g/mol. The van der Waals surface area contributed by atoms with E-state index >= 15 is 0 Å². The van der Waals surface area contributed by atoms with Crippen LogP contribution in [-0.4, -0.2) is 30.1 Å². The third-order valence-corrected chi connectivity index (χ3v) is 3.49. The first-order valence-electron chi connectivity index (χ1n) is 6.59. The van der Waals surface area contributed by atoms with Gasteiger partial charge in [0, 0.05) is 26.2 Å². The lowest BCUT2D eigenvalue weighted by molar-refractivity contribution is 0.808. The van der Waals surface area contributed by atoms with Crippen LogP contribution in [0.5, 0.6) is 0 Å². The maximum Gasteiger partial charge on any atom is 0.145 e. The molecule has 0 spiro atoms. The highest BCUT2D eigenvalue weighted by Crippen LogP contribution is 2.36. The Hall–Kier alpha value is -2.34. The van der Waals surface area contributed by atoms with Crippen LogP contribution in [0.1, 0.15) is 5.82 Å². The van der Waals surface area contributed by atoms with Crippen LogP contribution < -0.4 is 21.1 Å². The number of anilines is 4. The molecule has 1 aliphatic rings. The number of likely N-dealkylation sites (N-methyl/N-ethyl adjacent to an activating group) is 1. The van der Waals surface area contributed by atoms with Gasteiger partial charge in [0.25, 0.3) is 0 Å². The van der Waals surface area contributed by atoms with Gasteiger partial charge in [0.2, 0.25) is 0 Å². The van der Waals surface area contributed by atoms with E-state index in [1.807, 2.05) is 19.1 Å². The fourth-order valence-corrected chi connectivity index (χ4v) is 2.51. The molecule has 1 aliphatic heterocycles. The number of aromatic nitrogens is 2. The van der Waals surface area contributed by atoms with Crippen LogP contribution in [0.15, 0.2) is 30.3 Å². The highest BCUT2D eigenvalue weighted by Gasteiger charge is 2.22. The molecule has 0 unspecified atom stereocenters. The predicted molar refractivity (Wildman–Crippen MR) is 81.3 cm³/mol. The van der Waals surface area contributed by atoms with E-state index in [-0.39, 0.29) is 0 Å². The first kappa shape index (κ1) is 12.7. The van der Waals surface area contributed by atoms with E-state index in [1.165, 1.54) is 5.69 Å². The summed E-state index contributed by atoms with van der Waals surface area (Å²) in [5.41, 5.74) is 4.95. The van der Waals surface area contributed by atoms with Crippen molar-refractivity contribution in [2.24, 2.45) is 5.84 Å². The van der Waals surface area contributed by atoms with Gasteiger partial charge < -0.3 is 15.2 Å². The highest BCUT2D eigenvalue weighted by molar-refractivity contribution is 5.78. The van der Waals surface area contributed by atoms with Crippen molar-refractivity contribution in [1.82, 2.24) is 9.97 Å². The van der Waals surface area contributed by atoms with E-state index in [9.17, 15) is 0 Å². The summed E-state index contributed by atoms with van der Waals surface area (Å²) in [4.78, 5) is 13.2. The number of nitrogens with zero attached hydrogens (tertiary/aromatic N) is 4. The number of fused-ring (bicyclic) bond motifs is 1. The number of hydrogen-bond acceptors (Lipinski definition) is 6. The first-order valence-corrected chi connectivity index (χ1v) is 6.59. The van der Waals surface area contributed by atoms with Crippen molar-refractivity contribution >= 4 is 23.0 Å². The minimum Gasteiger partial charge on any atom is -0.371 e. The van der Waals surface area contributed by atoms with Crippen molar-refractivity contribution < 1.29 is 0 Å². The van der Waals surface area contributed by atoms with Crippen molar-refractivity contribution in [1.29, 1.82) is 0 Å². The molecule has 6 heteroatoms. The molecule has 0 fully saturated rings. The van der Waals surface area contributed by atoms with Gasteiger partial charge in [-0.25, -0.2) is 15.8 Å². The highest BCUT2D eigenvalue weighted by atomic mass is 15.3. The van der Waals surface area contributed by atoms with E-state index < -0.39 is 0 Å². The van der Waals surface area contributed by atoms with Gasteiger partial charge in [-0.05, 0) is 19.1 Å². The van der Waals surface area contributed by atoms with E-state index in [4.69, 9.17) is 5.84 Å². The van der Waals surface area contributed by atoms with E-state index in [0.29, 0.717) is 11.6 Å². The number of rotatable bonds is 2. The van der Waals surface area contributed by atoms with Crippen molar-refractivity contribution in [3.8, 4) is 0 Å². The lowest BCUT2D eigenvalue weighted by Crippen LogP contribution is -2.37. The Kier molecular flexibility index (Phi) is 3.15. The van der Waals surface area contributed by atoms with E-state index in [0.717, 1.165) is 24.6 Å². The van der Waals surface area contributed by atoms with Crippen LogP contribution in [0.4, 0.5) is 23.0 Å². The normalized spacial score (nSPS) is 14.2. The Bertz CT molecular complexity index is 627. The largest absolute Gasteiger partial charge is 0.371 e. The minimum atomic E-state index is 0.629. The average Bonchev–Trinajstić information content (AvgIpc) is 2.47. The zero-order valence-corrected chi connectivity index (χ0v) is 11.7. The van der Waals surface area contributed by atoms with Crippen LogP contribution >= 0.6 is 0 Å². The summed E-state index contributed by atoms with van der Waals surface area (Å²) in [7, 11) is 2.11. The van der Waals surface area contributed by atoms with Gasteiger partial charge in [0.05, 0.1) is 11.4 Å². The van der Waals surface area contributed by atoms with Gasteiger partial charge in [-0.15, -0.1) is 0 Å². The second kappa shape index (κ2) is 4.97. The van der Waals surface area contributed by atoms with Crippen LogP contribution in [0, 0.1) is 6.92 Å². The lowest BCUT2D eigenvalue weighted by Gasteiger charge is -2.36. The van der Waals surface area contributed by atoms with Crippen molar-refractivity contribution in [3.63, 3.8) is 0 Å². The molecule has 0 saturated heterocycles. The number of hydrogen-bond donors (Lipinski definition) is 2. The maximum atomic E-state index is 5.47. The van der Waals surface area contributed by atoms with Crippen molar-refractivity contribution in [2.45, 2.75) is 6.92 Å². The molecule has 1 aromatic carbocycles. The number of hydrazine groups is 1. The minimum absolute atomic E-state index is 0.629. The molecule has 20 heavy (non-hydrogen) atoms. The van der Waals surface area contributed by atoms with Crippen molar-refractivity contribution in [3.05, 3.63) is 36.2 Å². The molecule has 0 aliphatic carbocycles. The Morgan fingerprint density at radius 1 is 1.15 bits per heavy atom. The molecule has 0 saturated carbocycles. The first-order chi connectivity index (χ1) is 9.69. The Balaban J connectivity index is 2.07. The number of nitrogens with one attached hydrogen (secondary N) is 1. The number of aryl methyl sites for hydroxylation is 1. The third kappa shape index (κ3) is 2.14.